The zero-order chi connectivity index (χ0) is 37.5. The molecule has 0 N–H and O–H groups in total. The van der Waals surface area contributed by atoms with E-state index in [2.05, 4.69) is 164 Å². The van der Waals surface area contributed by atoms with Crippen LogP contribution in [0.2, 0.25) is 19.6 Å². The van der Waals surface area contributed by atoms with Crippen LogP contribution in [-0.4, -0.2) is 18.0 Å². The van der Waals surface area contributed by atoms with Crippen molar-refractivity contribution in [3.8, 4) is 22.5 Å². The first-order valence-corrected chi connectivity index (χ1v) is 22.2. The Morgan fingerprint density at radius 2 is 1.43 bits per heavy atom. The molecule has 0 aliphatic heterocycles. The van der Waals surface area contributed by atoms with E-state index in [9.17, 15) is 0 Å². The Morgan fingerprint density at radius 3 is 2.15 bits per heavy atom. The Labute approximate surface area is 334 Å². The quantitative estimate of drug-likeness (QED) is 0.0986. The zero-order valence-corrected chi connectivity index (χ0v) is 36.4. The van der Waals surface area contributed by atoms with Crippen molar-refractivity contribution in [1.82, 2.24) is 9.97 Å². The maximum absolute atomic E-state index is 6.95. The fourth-order valence-corrected chi connectivity index (χ4v) is 8.93. The van der Waals surface area contributed by atoms with Crippen molar-refractivity contribution in [2.75, 3.05) is 0 Å². The average Bonchev–Trinajstić information content (AvgIpc) is 3.52. The number of hydrogen-bond donors (Lipinski definition) is 0. The second kappa shape index (κ2) is 13.4. The van der Waals surface area contributed by atoms with Crippen molar-refractivity contribution in [2.45, 2.75) is 84.4 Å². The van der Waals surface area contributed by atoms with Crippen LogP contribution in [0.3, 0.4) is 0 Å². The monoisotopic (exact) mass is 901 g/mol. The van der Waals surface area contributed by atoms with Gasteiger partial charge in [0.05, 0.1) is 13.7 Å². The average molecular weight is 901 g/mol. The first-order chi connectivity index (χ1) is 25.1. The molecule has 9 rings (SSSR count). The first kappa shape index (κ1) is 37.9. The summed E-state index contributed by atoms with van der Waals surface area (Å²) in [5, 5.41) is 8.54. The van der Waals surface area contributed by atoms with Gasteiger partial charge in [0.1, 0.15) is 5.58 Å². The van der Waals surface area contributed by atoms with Crippen LogP contribution in [0.15, 0.2) is 114 Å². The van der Waals surface area contributed by atoms with Crippen LogP contribution < -0.4 is 5.19 Å². The minimum absolute atomic E-state index is 0. The number of hydrogen-bond acceptors (Lipinski definition) is 3. The van der Waals surface area contributed by atoms with Crippen LogP contribution in [0.4, 0.5) is 0 Å². The van der Waals surface area contributed by atoms with Gasteiger partial charge < -0.3 is 14.4 Å². The summed E-state index contributed by atoms with van der Waals surface area (Å²) in [6.07, 6.45) is 3.98. The van der Waals surface area contributed by atoms with Gasteiger partial charge in [-0.3, -0.25) is 0 Å². The van der Waals surface area contributed by atoms with Crippen LogP contribution in [0.25, 0.3) is 66.0 Å². The van der Waals surface area contributed by atoms with Crippen LogP contribution >= 0.6 is 0 Å². The molecule has 0 saturated heterocycles. The first-order valence-electron chi connectivity index (χ1n) is 18.7. The molecule has 0 amide bonds. The molecule has 1 radical (unpaired) electrons. The van der Waals surface area contributed by atoms with Gasteiger partial charge in [-0.1, -0.05) is 145 Å². The third-order valence-electron chi connectivity index (χ3n) is 11.9. The topological polar surface area (TPSA) is 38.9 Å². The summed E-state index contributed by atoms with van der Waals surface area (Å²) in [4.78, 5) is 9.49. The van der Waals surface area contributed by atoms with E-state index in [4.69, 9.17) is 9.40 Å². The minimum atomic E-state index is -1.50. The summed E-state index contributed by atoms with van der Waals surface area (Å²) < 4.78 is 6.95. The predicted octanol–water partition coefficient (Wildman–Crippen LogP) is 12.7. The van der Waals surface area contributed by atoms with Gasteiger partial charge in [0.25, 0.3) is 0 Å². The Bertz CT molecular complexity index is 2690. The van der Waals surface area contributed by atoms with E-state index in [0.29, 0.717) is 0 Å². The fraction of sp³-hybridized carbons (Fsp3) is 0.265. The van der Waals surface area contributed by atoms with Crippen LogP contribution in [0.5, 0.6) is 0 Å². The summed E-state index contributed by atoms with van der Waals surface area (Å²) in [5.74, 6) is 0. The maximum atomic E-state index is 6.95. The van der Waals surface area contributed by atoms with Gasteiger partial charge >= 0.3 is 0 Å². The third kappa shape index (κ3) is 6.15. The molecule has 8 aromatic rings. The summed E-state index contributed by atoms with van der Waals surface area (Å²) in [7, 11) is -1.50. The Kier molecular flexibility index (Phi) is 9.41. The second-order valence-electron chi connectivity index (χ2n) is 17.8. The third-order valence-corrected chi connectivity index (χ3v) is 13.9. The molecule has 1 aliphatic rings. The SMILES string of the molecule is CC(C)(C)c1ccnc(-c2[c-]cccc2)c1.CC1(C)c2cc([Si](C)(C)C)cnc2-c2[c-]cc3c(oc4c3ccc3ccc5ccccc5c34)c2C1(C)C.[Ir]. The normalized spacial score (nSPS) is 14.6. The Morgan fingerprint density at radius 1 is 0.704 bits per heavy atom. The van der Waals surface area contributed by atoms with Crippen molar-refractivity contribution in [3.05, 3.63) is 138 Å². The predicted molar refractivity (Wildman–Crippen MR) is 227 cm³/mol. The van der Waals surface area contributed by atoms with Crippen LogP contribution in [-0.2, 0) is 36.4 Å². The molecule has 0 atom stereocenters. The molecule has 3 aromatic heterocycles. The molecule has 54 heavy (non-hydrogen) atoms. The molecule has 0 bridgehead atoms. The van der Waals surface area contributed by atoms with Crippen molar-refractivity contribution in [3.63, 3.8) is 0 Å². The maximum Gasteiger partial charge on any atom is 0.132 e. The van der Waals surface area contributed by atoms with E-state index in [0.717, 1.165) is 44.5 Å². The molecule has 0 spiro atoms. The number of benzene rings is 5. The molecular formula is C49H48IrN2OSi-2. The molecule has 0 unspecified atom stereocenters. The Balaban J connectivity index is 0.000000223. The summed E-state index contributed by atoms with van der Waals surface area (Å²) in [6.45, 7) is 23.3. The van der Waals surface area contributed by atoms with Crippen LogP contribution in [0.1, 0.15) is 65.2 Å². The molecule has 0 fully saturated rings. The van der Waals surface area contributed by atoms with Gasteiger partial charge in [-0.05, 0) is 66.0 Å². The molecule has 275 valence electrons. The van der Waals surface area contributed by atoms with E-state index in [1.807, 2.05) is 30.5 Å². The molecule has 3 nitrogen and oxygen atoms in total. The molecule has 3 heterocycles. The molecule has 0 saturated carbocycles. The van der Waals surface area contributed by atoms with Gasteiger partial charge in [-0.15, -0.1) is 53.6 Å². The van der Waals surface area contributed by atoms with Crippen molar-refractivity contribution >= 4 is 56.7 Å². The zero-order valence-electron chi connectivity index (χ0n) is 33.0. The number of pyridine rings is 2. The van der Waals surface area contributed by atoms with E-state index in [1.165, 1.54) is 43.4 Å². The van der Waals surface area contributed by atoms with Gasteiger partial charge in [0, 0.05) is 37.9 Å². The minimum Gasteiger partial charge on any atom is -0.475 e. The molecule has 5 aromatic carbocycles. The van der Waals surface area contributed by atoms with Crippen LogP contribution in [0, 0.1) is 12.1 Å². The van der Waals surface area contributed by atoms with E-state index in [1.54, 1.807) is 0 Å². The van der Waals surface area contributed by atoms with Gasteiger partial charge in [0.15, 0.2) is 0 Å². The van der Waals surface area contributed by atoms with Crippen molar-refractivity contribution < 1.29 is 24.5 Å². The summed E-state index contributed by atoms with van der Waals surface area (Å²) in [5.41, 5.74) is 9.82. The number of nitrogens with zero attached hydrogens (tertiary/aromatic N) is 2. The number of furan rings is 1. The Hall–Kier alpha value is -4.41. The smallest absolute Gasteiger partial charge is 0.132 e. The van der Waals surface area contributed by atoms with Crippen molar-refractivity contribution in [1.29, 1.82) is 0 Å². The number of rotatable bonds is 2. The van der Waals surface area contributed by atoms with Crippen molar-refractivity contribution in [2.24, 2.45) is 0 Å². The van der Waals surface area contributed by atoms with Gasteiger partial charge in [-0.25, -0.2) is 0 Å². The number of fused-ring (bicyclic) bond motifs is 11. The fourth-order valence-electron chi connectivity index (χ4n) is 7.90. The number of aromatic nitrogens is 2. The van der Waals surface area contributed by atoms with E-state index < -0.39 is 8.07 Å². The second-order valence-corrected chi connectivity index (χ2v) is 22.9. The van der Waals surface area contributed by atoms with Gasteiger partial charge in [-0.2, -0.15) is 0 Å². The largest absolute Gasteiger partial charge is 0.475 e. The summed E-state index contributed by atoms with van der Waals surface area (Å²) >= 11 is 0. The van der Waals surface area contributed by atoms with Gasteiger partial charge in [0.2, 0.25) is 0 Å². The van der Waals surface area contributed by atoms with E-state index >= 15 is 0 Å². The molecule has 1 aliphatic carbocycles. The molecule has 5 heteroatoms. The molecular weight excluding hydrogens is 853 g/mol. The standard InChI is InChI=1S/C34H32NOSi.C15H16N.Ir/c1-33(2)27-18-22(37(5,6)7)19-35-30(27)26-17-16-25-24-15-14-21-13-12-20-10-8-9-11-23(20)28(21)31(24)36-32(25)29(26)34(33,3)4;1-15(2,3)13-9-10-16-14(11-13)12-7-5-4-6-8-12;/h8-16,18-19H,1-7H3;4-7,9-11H,1-3H3;/q2*-1;. The summed E-state index contributed by atoms with van der Waals surface area (Å²) in [6, 6.07) is 41.0. The van der Waals surface area contributed by atoms with E-state index in [-0.39, 0.29) is 36.4 Å².